The van der Waals surface area contributed by atoms with Gasteiger partial charge in [-0.15, -0.1) is 0 Å². The predicted octanol–water partition coefficient (Wildman–Crippen LogP) is 1.44. The van der Waals surface area contributed by atoms with Gasteiger partial charge in [-0.1, -0.05) is 0 Å². The Hall–Kier alpha value is -1.71. The second-order valence-electron chi connectivity index (χ2n) is 2.33. The van der Waals surface area contributed by atoms with Crippen molar-refractivity contribution in [2.75, 3.05) is 0 Å². The Labute approximate surface area is 69.3 Å². The van der Waals surface area contributed by atoms with E-state index < -0.39 is 0 Å². The van der Waals surface area contributed by atoms with Gasteiger partial charge in [0.2, 0.25) is 0 Å². The van der Waals surface area contributed by atoms with E-state index in [-0.39, 0.29) is 0 Å². The van der Waals surface area contributed by atoms with Gasteiger partial charge in [0.15, 0.2) is 11.7 Å². The van der Waals surface area contributed by atoms with Crippen LogP contribution in [0.15, 0.2) is 29.2 Å². The second kappa shape index (κ2) is 2.73. The average molecular weight is 161 g/mol. The molecule has 0 fully saturated rings. The highest BCUT2D eigenvalue weighted by Gasteiger charge is 2.03. The fourth-order valence-electron chi connectivity index (χ4n) is 0.906. The summed E-state index contributed by atoms with van der Waals surface area (Å²) in [6.07, 6.45) is 6.51. The summed E-state index contributed by atoms with van der Waals surface area (Å²) in [4.78, 5) is 11.9. The lowest BCUT2D eigenvalue weighted by molar-refractivity contribution is 0.532. The Morgan fingerprint density at radius 3 is 2.67 bits per heavy atom. The first-order valence-electron chi connectivity index (χ1n) is 3.55. The normalized spacial score (nSPS) is 10.1. The van der Waals surface area contributed by atoms with Gasteiger partial charge in [-0.25, -0.2) is 9.97 Å². The molecule has 0 spiro atoms. The van der Waals surface area contributed by atoms with E-state index in [1.807, 2.05) is 0 Å². The van der Waals surface area contributed by atoms with E-state index in [2.05, 4.69) is 15.0 Å². The molecule has 0 radical (unpaired) electrons. The van der Waals surface area contributed by atoms with Crippen molar-refractivity contribution in [2.24, 2.45) is 0 Å². The number of hydrogen-bond acceptors (Lipinski definition) is 4. The second-order valence-corrected chi connectivity index (χ2v) is 2.33. The summed E-state index contributed by atoms with van der Waals surface area (Å²) in [5.41, 5.74) is 0.707. The molecule has 0 unspecified atom stereocenters. The fourth-order valence-corrected chi connectivity index (χ4v) is 0.906. The maximum atomic E-state index is 5.26. The Balaban J connectivity index is 2.45. The number of rotatable bonds is 1. The topological polar surface area (TPSA) is 51.8 Å². The summed E-state index contributed by atoms with van der Waals surface area (Å²) in [5.74, 6) is 1.29. The van der Waals surface area contributed by atoms with Crippen LogP contribution in [0.25, 0.3) is 11.5 Å². The largest absolute Gasteiger partial charge is 0.439 e. The summed E-state index contributed by atoms with van der Waals surface area (Å²) in [5, 5.41) is 0. The van der Waals surface area contributed by atoms with E-state index in [9.17, 15) is 0 Å². The molecule has 0 atom stereocenters. The fraction of sp³-hybridized carbons (Fsp3) is 0.125. The van der Waals surface area contributed by atoms with Crippen molar-refractivity contribution in [3.63, 3.8) is 0 Å². The molecule has 2 aromatic heterocycles. The van der Waals surface area contributed by atoms with Gasteiger partial charge in [-0.2, -0.15) is 0 Å². The number of oxazole rings is 1. The van der Waals surface area contributed by atoms with Crippen LogP contribution in [0.1, 0.15) is 5.89 Å². The van der Waals surface area contributed by atoms with Crippen molar-refractivity contribution in [2.45, 2.75) is 6.92 Å². The van der Waals surface area contributed by atoms with Gasteiger partial charge in [0.05, 0.1) is 12.4 Å². The first kappa shape index (κ1) is 6.97. The van der Waals surface area contributed by atoms with Crippen molar-refractivity contribution in [3.05, 3.63) is 30.7 Å². The quantitative estimate of drug-likeness (QED) is 0.635. The minimum absolute atomic E-state index is 0.635. The third-order valence-corrected chi connectivity index (χ3v) is 1.44. The smallest absolute Gasteiger partial charge is 0.191 e. The molecule has 2 heterocycles. The highest BCUT2D eigenvalue weighted by molar-refractivity contribution is 5.48. The zero-order chi connectivity index (χ0) is 8.39. The molecule has 0 saturated heterocycles. The van der Waals surface area contributed by atoms with Crippen LogP contribution in [0.5, 0.6) is 0 Å². The van der Waals surface area contributed by atoms with Crippen LogP contribution in [-0.4, -0.2) is 15.0 Å². The molecule has 0 aliphatic carbocycles. The Morgan fingerprint density at radius 2 is 2.08 bits per heavy atom. The first-order valence-corrected chi connectivity index (χ1v) is 3.55. The lowest BCUT2D eigenvalue weighted by atomic mass is 10.4. The molecule has 0 aliphatic rings. The molecule has 0 bridgehead atoms. The van der Waals surface area contributed by atoms with Crippen molar-refractivity contribution in [1.29, 1.82) is 0 Å². The van der Waals surface area contributed by atoms with Crippen LogP contribution >= 0.6 is 0 Å². The number of hydrogen-bond donors (Lipinski definition) is 0. The van der Waals surface area contributed by atoms with Gasteiger partial charge in [0.25, 0.3) is 0 Å². The molecule has 4 nitrogen and oxygen atoms in total. The molecule has 12 heavy (non-hydrogen) atoms. The lowest BCUT2D eigenvalue weighted by Gasteiger charge is -1.90. The third-order valence-electron chi connectivity index (χ3n) is 1.44. The molecule has 0 N–H and O–H groups in total. The van der Waals surface area contributed by atoms with E-state index >= 15 is 0 Å². The van der Waals surface area contributed by atoms with E-state index in [4.69, 9.17) is 4.42 Å². The summed E-state index contributed by atoms with van der Waals surface area (Å²) in [6.45, 7) is 1.79. The SMILES string of the molecule is Cc1ncc(-c2cnccn2)o1. The first-order chi connectivity index (χ1) is 5.86. The third kappa shape index (κ3) is 1.18. The van der Waals surface area contributed by atoms with E-state index in [1.165, 1.54) is 0 Å². The summed E-state index contributed by atoms with van der Waals surface area (Å²) in [7, 11) is 0. The van der Waals surface area contributed by atoms with Crippen molar-refractivity contribution in [1.82, 2.24) is 15.0 Å². The number of aromatic nitrogens is 3. The molecule has 0 amide bonds. The molecular weight excluding hydrogens is 154 g/mol. The van der Waals surface area contributed by atoms with Gasteiger partial charge in [0.1, 0.15) is 5.69 Å². The van der Waals surface area contributed by atoms with Crippen molar-refractivity contribution >= 4 is 0 Å². The van der Waals surface area contributed by atoms with Crippen LogP contribution in [0.3, 0.4) is 0 Å². The number of aryl methyl sites for hydroxylation is 1. The molecule has 0 aromatic carbocycles. The minimum Gasteiger partial charge on any atom is -0.439 e. The molecule has 2 aromatic rings. The predicted molar refractivity (Wildman–Crippen MR) is 42.3 cm³/mol. The van der Waals surface area contributed by atoms with Gasteiger partial charge < -0.3 is 4.42 Å². The lowest BCUT2D eigenvalue weighted by Crippen LogP contribution is -1.80. The van der Waals surface area contributed by atoms with Crippen LogP contribution in [-0.2, 0) is 0 Å². The molecular formula is C8H7N3O. The minimum atomic E-state index is 0.635. The van der Waals surface area contributed by atoms with Crippen LogP contribution in [0.2, 0.25) is 0 Å². The van der Waals surface area contributed by atoms with Crippen molar-refractivity contribution in [3.8, 4) is 11.5 Å². The van der Waals surface area contributed by atoms with E-state index in [0.717, 1.165) is 0 Å². The van der Waals surface area contributed by atoms with Crippen molar-refractivity contribution < 1.29 is 4.42 Å². The Morgan fingerprint density at radius 1 is 1.17 bits per heavy atom. The maximum Gasteiger partial charge on any atom is 0.191 e. The highest BCUT2D eigenvalue weighted by atomic mass is 16.4. The maximum absolute atomic E-state index is 5.26. The summed E-state index contributed by atoms with van der Waals surface area (Å²) < 4.78 is 5.26. The Bertz CT molecular complexity index is 369. The zero-order valence-corrected chi connectivity index (χ0v) is 6.56. The zero-order valence-electron chi connectivity index (χ0n) is 6.56. The van der Waals surface area contributed by atoms with E-state index in [0.29, 0.717) is 17.3 Å². The number of nitrogens with zero attached hydrogens (tertiary/aromatic N) is 3. The van der Waals surface area contributed by atoms with Crippen LogP contribution in [0, 0.1) is 6.92 Å². The van der Waals surface area contributed by atoms with Gasteiger partial charge >= 0.3 is 0 Å². The molecule has 60 valence electrons. The molecule has 2 rings (SSSR count). The molecule has 0 saturated carbocycles. The summed E-state index contributed by atoms with van der Waals surface area (Å²) in [6, 6.07) is 0. The van der Waals surface area contributed by atoms with Crippen LogP contribution in [0.4, 0.5) is 0 Å². The average Bonchev–Trinajstić information content (AvgIpc) is 2.54. The standard InChI is InChI=1S/C8H7N3O/c1-6-11-5-8(12-6)7-4-9-2-3-10-7/h2-5H,1H3. The van der Waals surface area contributed by atoms with Gasteiger partial charge in [-0.3, -0.25) is 4.98 Å². The van der Waals surface area contributed by atoms with E-state index in [1.54, 1.807) is 31.7 Å². The summed E-state index contributed by atoms with van der Waals surface area (Å²) >= 11 is 0. The highest BCUT2D eigenvalue weighted by Crippen LogP contribution is 2.15. The van der Waals surface area contributed by atoms with Gasteiger partial charge in [0, 0.05) is 19.3 Å². The van der Waals surface area contributed by atoms with Gasteiger partial charge in [-0.05, 0) is 0 Å². The monoisotopic (exact) mass is 161 g/mol. The van der Waals surface area contributed by atoms with Crippen LogP contribution < -0.4 is 0 Å². The Kier molecular flexibility index (Phi) is 1.59. The molecule has 4 heteroatoms. The molecule has 0 aliphatic heterocycles.